The molecule has 35 heavy (non-hydrogen) atoms. The van der Waals surface area contributed by atoms with Gasteiger partial charge in [-0.25, -0.2) is 4.79 Å². The van der Waals surface area contributed by atoms with Crippen molar-refractivity contribution in [3.8, 4) is 0 Å². The zero-order valence-electron chi connectivity index (χ0n) is 20.0. The number of carboxylic acid groups (broad SMARTS) is 1. The van der Waals surface area contributed by atoms with Gasteiger partial charge < -0.3 is 44.0 Å². The molecule has 0 saturated carbocycles. The lowest BCUT2D eigenvalue weighted by atomic mass is 9.98. The monoisotopic (exact) mass is 518 g/mol. The van der Waals surface area contributed by atoms with Crippen LogP contribution in [-0.2, 0) is 24.0 Å². The van der Waals surface area contributed by atoms with E-state index < -0.39 is 53.8 Å². The van der Waals surface area contributed by atoms with E-state index in [1.807, 2.05) is 0 Å². The second kappa shape index (κ2) is 16.5. The van der Waals surface area contributed by atoms with Crippen LogP contribution in [0.2, 0.25) is 0 Å². The minimum absolute atomic E-state index is 0.0800. The molecule has 0 aliphatic heterocycles. The fourth-order valence-electron chi connectivity index (χ4n) is 2.89. The minimum atomic E-state index is -1.27. The fraction of sp³-hybridized carbons (Fsp3) is 0.700. The number of amides is 4. The molecule has 0 aromatic rings. The first-order valence-electron chi connectivity index (χ1n) is 11.2. The number of guanidine groups is 1. The number of aliphatic carboxylic acids is 1. The lowest BCUT2D eigenvalue weighted by Crippen LogP contribution is -2.58. The number of rotatable bonds is 17. The van der Waals surface area contributed by atoms with Crippen LogP contribution in [0.3, 0.4) is 0 Å². The Kier molecular flexibility index (Phi) is 15.1. The average molecular weight is 519 g/mol. The van der Waals surface area contributed by atoms with Gasteiger partial charge in [0.2, 0.25) is 23.6 Å². The van der Waals surface area contributed by atoms with E-state index in [-0.39, 0.29) is 43.4 Å². The van der Waals surface area contributed by atoms with Gasteiger partial charge in [0.05, 0.1) is 6.04 Å². The summed E-state index contributed by atoms with van der Waals surface area (Å²) in [5, 5.41) is 16.7. The van der Waals surface area contributed by atoms with Gasteiger partial charge in [0.15, 0.2) is 5.96 Å². The topological polar surface area (TPSA) is 258 Å². The molecule has 0 radical (unpaired) electrons. The molecule has 0 aromatic carbocycles. The van der Waals surface area contributed by atoms with Gasteiger partial charge in [0, 0.05) is 18.7 Å². The second-order valence-corrected chi connectivity index (χ2v) is 8.44. The summed E-state index contributed by atoms with van der Waals surface area (Å²) in [6.07, 6.45) is 0.755. The van der Waals surface area contributed by atoms with Crippen LogP contribution in [0.4, 0.5) is 0 Å². The standard InChI is InChI=1S/C20H38N8O6S/c1-3-10(2)15(19(33)34)28-17(31)12(6-7-14(22)29)26-18(32)13(9-35)27-16(30)11(21)5-4-8-25-20(23)24/h10-13,15,35H,3-9,21H2,1-2H3,(H2,22,29)(H,26,32)(H,27,30)(H,28,31)(H,33,34)(H4,23,24,25). The quantitative estimate of drug-likeness (QED) is 0.0414. The number of nitrogens with one attached hydrogen (secondary N) is 3. The number of carboxylic acids is 1. The van der Waals surface area contributed by atoms with Gasteiger partial charge in [0.1, 0.15) is 18.1 Å². The van der Waals surface area contributed by atoms with Crippen molar-refractivity contribution in [1.29, 1.82) is 0 Å². The minimum Gasteiger partial charge on any atom is -0.480 e. The van der Waals surface area contributed by atoms with Crippen LogP contribution in [0, 0.1) is 5.92 Å². The Labute approximate surface area is 209 Å². The molecule has 0 spiro atoms. The molecule has 0 fully saturated rings. The molecule has 200 valence electrons. The number of nitrogens with zero attached hydrogens (tertiary/aromatic N) is 1. The maximum absolute atomic E-state index is 12.8. The number of thiol groups is 1. The highest BCUT2D eigenvalue weighted by Gasteiger charge is 2.31. The number of hydrogen-bond acceptors (Lipinski definition) is 8. The van der Waals surface area contributed by atoms with Crippen molar-refractivity contribution >= 4 is 48.2 Å². The molecule has 0 aliphatic carbocycles. The van der Waals surface area contributed by atoms with Crippen LogP contribution in [0.15, 0.2) is 4.99 Å². The van der Waals surface area contributed by atoms with Gasteiger partial charge in [-0.15, -0.1) is 0 Å². The molecule has 5 atom stereocenters. The van der Waals surface area contributed by atoms with Crippen LogP contribution < -0.4 is 38.9 Å². The van der Waals surface area contributed by atoms with Gasteiger partial charge >= 0.3 is 5.97 Å². The Bertz CT molecular complexity index is 777. The molecular weight excluding hydrogens is 480 g/mol. The third-order valence-electron chi connectivity index (χ3n) is 5.21. The van der Waals surface area contributed by atoms with Crippen LogP contribution in [0.25, 0.3) is 0 Å². The summed E-state index contributed by atoms with van der Waals surface area (Å²) in [6.45, 7) is 3.71. The Morgan fingerprint density at radius 1 is 0.943 bits per heavy atom. The molecule has 14 nitrogen and oxygen atoms in total. The molecule has 12 N–H and O–H groups in total. The normalized spacial score (nSPS) is 15.0. The molecule has 0 bridgehead atoms. The molecule has 5 unspecified atom stereocenters. The van der Waals surface area contributed by atoms with Crippen molar-refractivity contribution in [3.05, 3.63) is 0 Å². The molecule has 0 aromatic heterocycles. The van der Waals surface area contributed by atoms with E-state index in [4.69, 9.17) is 22.9 Å². The highest BCUT2D eigenvalue weighted by Crippen LogP contribution is 2.09. The first-order valence-corrected chi connectivity index (χ1v) is 11.8. The van der Waals surface area contributed by atoms with Crippen molar-refractivity contribution in [2.24, 2.45) is 33.8 Å². The van der Waals surface area contributed by atoms with Gasteiger partial charge in [-0.05, 0) is 25.2 Å². The summed E-state index contributed by atoms with van der Waals surface area (Å²) in [6, 6.07) is -4.56. The smallest absolute Gasteiger partial charge is 0.326 e. The number of hydrogen-bond donors (Lipinski definition) is 9. The zero-order chi connectivity index (χ0) is 27.1. The molecule has 15 heteroatoms. The Morgan fingerprint density at radius 2 is 1.51 bits per heavy atom. The lowest BCUT2D eigenvalue weighted by Gasteiger charge is -2.26. The first kappa shape index (κ1) is 31.9. The molecule has 4 amide bonds. The summed E-state index contributed by atoms with van der Waals surface area (Å²) >= 11 is 4.07. The van der Waals surface area contributed by atoms with Crippen molar-refractivity contribution in [3.63, 3.8) is 0 Å². The van der Waals surface area contributed by atoms with E-state index in [0.717, 1.165) is 0 Å². The van der Waals surface area contributed by atoms with E-state index in [1.54, 1.807) is 13.8 Å². The highest BCUT2D eigenvalue weighted by atomic mass is 32.1. The third-order valence-corrected chi connectivity index (χ3v) is 5.57. The second-order valence-electron chi connectivity index (χ2n) is 8.08. The fourth-order valence-corrected chi connectivity index (χ4v) is 3.15. The summed E-state index contributed by atoms with van der Waals surface area (Å²) in [5.74, 6) is -4.71. The highest BCUT2D eigenvalue weighted by molar-refractivity contribution is 7.80. The molecular formula is C20H38N8O6S. The molecule has 0 saturated heterocycles. The van der Waals surface area contributed by atoms with Gasteiger partial charge in [-0.1, -0.05) is 20.3 Å². The van der Waals surface area contributed by atoms with E-state index >= 15 is 0 Å². The third kappa shape index (κ3) is 12.8. The van der Waals surface area contributed by atoms with Crippen molar-refractivity contribution in [2.45, 2.75) is 70.1 Å². The number of primary amides is 1. The van der Waals surface area contributed by atoms with E-state index in [1.165, 1.54) is 0 Å². The first-order chi connectivity index (χ1) is 16.3. The summed E-state index contributed by atoms with van der Waals surface area (Å²) in [4.78, 5) is 64.5. The Balaban J connectivity index is 5.26. The Hall–Kier alpha value is -3.07. The van der Waals surface area contributed by atoms with Gasteiger partial charge in [0.25, 0.3) is 0 Å². The Morgan fingerprint density at radius 3 is 2.00 bits per heavy atom. The number of carbonyl (C=O) groups excluding carboxylic acids is 4. The van der Waals surface area contributed by atoms with Gasteiger partial charge in [-0.2, -0.15) is 12.6 Å². The maximum Gasteiger partial charge on any atom is 0.326 e. The van der Waals surface area contributed by atoms with Crippen molar-refractivity contribution in [2.75, 3.05) is 12.3 Å². The molecule has 0 aliphatic rings. The average Bonchev–Trinajstić information content (AvgIpc) is 2.79. The van der Waals surface area contributed by atoms with Crippen LogP contribution in [0.5, 0.6) is 0 Å². The molecule has 0 rings (SSSR count). The predicted molar refractivity (Wildman–Crippen MR) is 133 cm³/mol. The zero-order valence-corrected chi connectivity index (χ0v) is 20.9. The summed E-state index contributed by atoms with van der Waals surface area (Å²) in [5.41, 5.74) is 21.5. The van der Waals surface area contributed by atoms with E-state index in [9.17, 15) is 29.1 Å². The van der Waals surface area contributed by atoms with Crippen molar-refractivity contribution < 1.29 is 29.1 Å². The summed E-state index contributed by atoms with van der Waals surface area (Å²) in [7, 11) is 0. The van der Waals surface area contributed by atoms with E-state index in [2.05, 4.69) is 33.6 Å². The predicted octanol–water partition coefficient (Wildman–Crippen LogP) is -2.85. The number of nitrogens with two attached hydrogens (primary N) is 4. The SMILES string of the molecule is CCC(C)C(NC(=O)C(CCC(N)=O)NC(=O)C(CS)NC(=O)C(N)CCCN=C(N)N)C(=O)O. The van der Waals surface area contributed by atoms with Crippen LogP contribution >= 0.6 is 12.6 Å². The summed E-state index contributed by atoms with van der Waals surface area (Å²) < 4.78 is 0. The number of carbonyl (C=O) groups is 5. The molecule has 0 heterocycles. The largest absolute Gasteiger partial charge is 0.480 e. The maximum atomic E-state index is 12.8. The van der Waals surface area contributed by atoms with Gasteiger partial charge in [-0.3, -0.25) is 24.2 Å². The lowest BCUT2D eigenvalue weighted by molar-refractivity contribution is -0.144. The number of aliphatic imine (C=N–C) groups is 1. The van der Waals surface area contributed by atoms with Crippen molar-refractivity contribution in [1.82, 2.24) is 16.0 Å². The van der Waals surface area contributed by atoms with Crippen LogP contribution in [0.1, 0.15) is 46.0 Å². The van der Waals surface area contributed by atoms with E-state index in [0.29, 0.717) is 12.8 Å². The van der Waals surface area contributed by atoms with Crippen LogP contribution in [-0.4, -0.2) is 77.1 Å².